The highest BCUT2D eigenvalue weighted by molar-refractivity contribution is 5.71. The number of carbonyl (C=O) groups is 3. The third-order valence-corrected chi connectivity index (χ3v) is 10.3. The van der Waals surface area contributed by atoms with Crippen LogP contribution in [0.15, 0.2) is 97.2 Å². The van der Waals surface area contributed by atoms with Crippen molar-refractivity contribution in [3.05, 3.63) is 97.2 Å². The van der Waals surface area contributed by atoms with E-state index in [1.54, 1.807) is 0 Å². The van der Waals surface area contributed by atoms with Gasteiger partial charge in [-0.2, -0.15) is 0 Å². The van der Waals surface area contributed by atoms with Crippen molar-refractivity contribution in [1.29, 1.82) is 0 Å². The minimum Gasteiger partial charge on any atom is -0.462 e. The Kier molecular flexibility index (Phi) is 46.0. The van der Waals surface area contributed by atoms with Crippen molar-refractivity contribution in [1.82, 2.24) is 0 Å². The van der Waals surface area contributed by atoms with Crippen LogP contribution in [0.25, 0.3) is 0 Å². The fraction of sp³-hybridized carbons (Fsp3) is 0.655. The molecule has 0 aliphatic heterocycles. The van der Waals surface area contributed by atoms with Crippen LogP contribution in [-0.4, -0.2) is 37.2 Å². The Bertz CT molecular complexity index is 1250. The Hall–Kier alpha value is -3.67. The second kappa shape index (κ2) is 49.0. The Balaban J connectivity index is 4.46. The molecule has 0 amide bonds. The third kappa shape index (κ3) is 47.2. The minimum absolute atomic E-state index is 0.106. The molecule has 1 atom stereocenters. The fourth-order valence-electron chi connectivity index (χ4n) is 6.58. The minimum atomic E-state index is -0.812. The van der Waals surface area contributed by atoms with Gasteiger partial charge in [-0.3, -0.25) is 14.4 Å². The molecule has 0 fully saturated rings. The SMILES string of the molecule is CC\C=C/C=C\C=C/C=C\CCCCCC(=O)OCC(COC(=O)CCCCCCCCCCCCCCCCCCC)OC(=O)CCCCC\C=C/C=C\C=C/C=C\CC. The Labute approximate surface area is 375 Å². The molecule has 6 nitrogen and oxygen atoms in total. The zero-order valence-electron chi connectivity index (χ0n) is 39.4. The van der Waals surface area contributed by atoms with E-state index in [0.717, 1.165) is 77.0 Å². The molecule has 0 saturated heterocycles. The predicted molar refractivity (Wildman–Crippen MR) is 260 cm³/mol. The van der Waals surface area contributed by atoms with E-state index >= 15 is 0 Å². The molecule has 0 saturated carbocycles. The molecule has 1 unspecified atom stereocenters. The molecule has 0 aromatic heterocycles. The summed E-state index contributed by atoms with van der Waals surface area (Å²) in [5.41, 5.74) is 0. The summed E-state index contributed by atoms with van der Waals surface area (Å²) in [6.07, 6.45) is 64.0. The van der Waals surface area contributed by atoms with Gasteiger partial charge in [0.2, 0.25) is 0 Å². The van der Waals surface area contributed by atoms with Gasteiger partial charge < -0.3 is 14.2 Å². The van der Waals surface area contributed by atoms with Crippen LogP contribution in [0.5, 0.6) is 0 Å². The first-order valence-corrected chi connectivity index (χ1v) is 24.8. The first-order chi connectivity index (χ1) is 30.0. The quantitative estimate of drug-likeness (QED) is 0.0263. The lowest BCUT2D eigenvalue weighted by molar-refractivity contribution is -0.167. The lowest BCUT2D eigenvalue weighted by atomic mass is 10.0. The molecule has 0 heterocycles. The van der Waals surface area contributed by atoms with Crippen molar-refractivity contribution in [3.8, 4) is 0 Å². The Morgan fingerprint density at radius 2 is 0.639 bits per heavy atom. The van der Waals surface area contributed by atoms with E-state index in [0.29, 0.717) is 19.3 Å². The highest BCUT2D eigenvalue weighted by Gasteiger charge is 2.19. The molecular weight excluding hydrogens is 757 g/mol. The molecule has 0 rings (SSSR count). The summed E-state index contributed by atoms with van der Waals surface area (Å²) >= 11 is 0. The van der Waals surface area contributed by atoms with Gasteiger partial charge in [0.15, 0.2) is 6.10 Å². The van der Waals surface area contributed by atoms with Crippen molar-refractivity contribution < 1.29 is 28.6 Å². The summed E-state index contributed by atoms with van der Waals surface area (Å²) in [5, 5.41) is 0. The van der Waals surface area contributed by atoms with E-state index in [4.69, 9.17) is 14.2 Å². The van der Waals surface area contributed by atoms with Gasteiger partial charge in [-0.15, -0.1) is 0 Å². The van der Waals surface area contributed by atoms with Crippen LogP contribution in [0.3, 0.4) is 0 Å². The number of esters is 3. The molecule has 0 bridgehead atoms. The second-order valence-corrected chi connectivity index (χ2v) is 16.2. The van der Waals surface area contributed by atoms with E-state index in [9.17, 15) is 14.4 Å². The van der Waals surface area contributed by atoms with E-state index in [2.05, 4.69) is 45.1 Å². The summed E-state index contributed by atoms with van der Waals surface area (Å²) in [6.45, 7) is 6.28. The molecule has 0 spiro atoms. The zero-order valence-corrected chi connectivity index (χ0v) is 39.4. The first-order valence-electron chi connectivity index (χ1n) is 24.8. The molecule has 0 N–H and O–H groups in total. The average Bonchev–Trinajstić information content (AvgIpc) is 3.26. The highest BCUT2D eigenvalue weighted by Crippen LogP contribution is 2.15. The fourth-order valence-corrected chi connectivity index (χ4v) is 6.58. The summed E-state index contributed by atoms with van der Waals surface area (Å²) in [5.74, 6) is -0.990. The molecule has 6 heteroatoms. The number of unbranched alkanes of at least 4 members (excludes halogenated alkanes) is 22. The van der Waals surface area contributed by atoms with Crippen LogP contribution < -0.4 is 0 Å². The molecule has 61 heavy (non-hydrogen) atoms. The summed E-state index contributed by atoms with van der Waals surface area (Å²) in [6, 6.07) is 0. The number of hydrogen-bond donors (Lipinski definition) is 0. The van der Waals surface area contributed by atoms with Gasteiger partial charge in [-0.25, -0.2) is 0 Å². The van der Waals surface area contributed by atoms with Gasteiger partial charge in [0.1, 0.15) is 13.2 Å². The van der Waals surface area contributed by atoms with E-state index < -0.39 is 6.10 Å². The van der Waals surface area contributed by atoms with Crippen molar-refractivity contribution in [2.45, 2.75) is 219 Å². The van der Waals surface area contributed by atoms with Gasteiger partial charge in [-0.1, -0.05) is 234 Å². The Morgan fingerprint density at radius 1 is 0.344 bits per heavy atom. The monoisotopic (exact) mass is 847 g/mol. The largest absolute Gasteiger partial charge is 0.462 e. The van der Waals surface area contributed by atoms with Crippen LogP contribution in [0.2, 0.25) is 0 Å². The normalized spacial score (nSPS) is 12.9. The predicted octanol–water partition coefficient (Wildman–Crippen LogP) is 16.2. The van der Waals surface area contributed by atoms with E-state index in [-0.39, 0.29) is 37.5 Å². The molecule has 0 aromatic rings. The maximum atomic E-state index is 12.7. The number of hydrogen-bond acceptors (Lipinski definition) is 6. The molecule has 0 radical (unpaired) electrons. The molecule has 0 aliphatic carbocycles. The van der Waals surface area contributed by atoms with Gasteiger partial charge in [0.25, 0.3) is 0 Å². The zero-order chi connectivity index (χ0) is 44.4. The van der Waals surface area contributed by atoms with E-state index in [1.165, 1.54) is 89.9 Å². The molecule has 0 aliphatic rings. The summed E-state index contributed by atoms with van der Waals surface area (Å²) in [7, 11) is 0. The standard InChI is InChI=1S/C55H90O6/c1-4-7-10-13-16-19-22-25-26-27-28-31-33-36-39-42-45-48-54(57)60-51-52(61-55(58)49-46-43-40-37-34-30-24-21-18-15-12-9-6-3)50-59-53(56)47-44-41-38-35-32-29-23-20-17-14-11-8-5-2/h8-9,11-12,14-15,17-18,20-21,23-24,29-30,32,34,52H,4-7,10,13,16,19,22,25-28,31,33,35-51H2,1-3H3/b11-8-,12-9-,17-14-,18-15-,23-20-,24-21-,32-29-,34-30-. The number of allylic oxidation sites excluding steroid dienone is 16. The maximum absolute atomic E-state index is 12.7. The molecule has 0 aromatic carbocycles. The van der Waals surface area contributed by atoms with Crippen LogP contribution in [0.1, 0.15) is 213 Å². The smallest absolute Gasteiger partial charge is 0.306 e. The topological polar surface area (TPSA) is 78.9 Å². The highest BCUT2D eigenvalue weighted by atomic mass is 16.6. The lowest BCUT2D eigenvalue weighted by Gasteiger charge is -2.18. The molecule has 346 valence electrons. The van der Waals surface area contributed by atoms with Gasteiger partial charge >= 0.3 is 17.9 Å². The first kappa shape index (κ1) is 57.3. The van der Waals surface area contributed by atoms with Crippen molar-refractivity contribution in [3.63, 3.8) is 0 Å². The van der Waals surface area contributed by atoms with Gasteiger partial charge in [0.05, 0.1) is 0 Å². The maximum Gasteiger partial charge on any atom is 0.306 e. The summed E-state index contributed by atoms with van der Waals surface area (Å²) < 4.78 is 16.7. The van der Waals surface area contributed by atoms with E-state index in [1.807, 2.05) is 72.9 Å². The van der Waals surface area contributed by atoms with Crippen molar-refractivity contribution >= 4 is 17.9 Å². The van der Waals surface area contributed by atoms with Crippen molar-refractivity contribution in [2.24, 2.45) is 0 Å². The third-order valence-electron chi connectivity index (χ3n) is 10.3. The van der Waals surface area contributed by atoms with Crippen LogP contribution in [-0.2, 0) is 28.6 Å². The van der Waals surface area contributed by atoms with Gasteiger partial charge in [-0.05, 0) is 57.8 Å². The van der Waals surface area contributed by atoms with Crippen LogP contribution in [0.4, 0.5) is 0 Å². The number of carbonyl (C=O) groups excluding carboxylic acids is 3. The van der Waals surface area contributed by atoms with Crippen LogP contribution >= 0.6 is 0 Å². The average molecular weight is 847 g/mol. The van der Waals surface area contributed by atoms with Crippen molar-refractivity contribution in [2.75, 3.05) is 13.2 Å². The molecular formula is C55H90O6. The Morgan fingerprint density at radius 3 is 1.00 bits per heavy atom. The second-order valence-electron chi connectivity index (χ2n) is 16.2. The number of rotatable bonds is 43. The lowest BCUT2D eigenvalue weighted by Crippen LogP contribution is -2.30. The number of ether oxygens (including phenoxy) is 3. The summed E-state index contributed by atoms with van der Waals surface area (Å²) in [4.78, 5) is 37.9. The van der Waals surface area contributed by atoms with Gasteiger partial charge in [0, 0.05) is 19.3 Å². The van der Waals surface area contributed by atoms with Crippen LogP contribution in [0, 0.1) is 0 Å².